The van der Waals surface area contributed by atoms with Crippen LogP contribution in [0.5, 0.6) is 0 Å². The van der Waals surface area contributed by atoms with E-state index in [9.17, 15) is 4.79 Å². The van der Waals surface area contributed by atoms with Crippen molar-refractivity contribution in [2.24, 2.45) is 0 Å². The Morgan fingerprint density at radius 1 is 1.47 bits per heavy atom. The fourth-order valence-corrected chi connectivity index (χ4v) is 2.10. The van der Waals surface area contributed by atoms with E-state index in [1.165, 1.54) is 12.8 Å². The number of ether oxygens (including phenoxy) is 1. The molecule has 0 radical (unpaired) electrons. The number of rotatable bonds is 3. The highest BCUT2D eigenvalue weighted by atomic mass is 16.5. The summed E-state index contributed by atoms with van der Waals surface area (Å²) in [6.07, 6.45) is 6.78. The first kappa shape index (κ1) is 12.0. The molecule has 1 aromatic rings. The third kappa shape index (κ3) is 3.27. The third-order valence-corrected chi connectivity index (χ3v) is 3.24. The number of nitrogens with zero attached hydrogens (tertiary/aromatic N) is 2. The van der Waals surface area contributed by atoms with Gasteiger partial charge in [-0.25, -0.2) is 4.79 Å². The van der Waals surface area contributed by atoms with Crippen LogP contribution < -0.4 is 0 Å². The summed E-state index contributed by atoms with van der Waals surface area (Å²) in [6.45, 7) is 1.58. The number of hydrogen-bond acceptors (Lipinski definition) is 4. The Bertz CT molecular complexity index is 367. The van der Waals surface area contributed by atoms with Crippen molar-refractivity contribution in [1.82, 2.24) is 9.88 Å². The predicted molar refractivity (Wildman–Crippen MR) is 64.8 cm³/mol. The molecular formula is C13H18N2O2. The van der Waals surface area contributed by atoms with Crippen LogP contribution in [0, 0.1) is 0 Å². The molecule has 1 aliphatic rings. The number of carbonyl (C=O) groups excluding carboxylic acids is 1. The summed E-state index contributed by atoms with van der Waals surface area (Å²) in [7, 11) is 2.09. The van der Waals surface area contributed by atoms with Crippen molar-refractivity contribution in [1.29, 1.82) is 0 Å². The topological polar surface area (TPSA) is 42.4 Å². The van der Waals surface area contributed by atoms with E-state index in [1.54, 1.807) is 24.5 Å². The second-order valence-electron chi connectivity index (χ2n) is 4.46. The molecule has 1 aliphatic heterocycles. The number of piperidine rings is 1. The number of aromatic nitrogens is 1. The third-order valence-electron chi connectivity index (χ3n) is 3.24. The molecule has 1 fully saturated rings. The lowest BCUT2D eigenvalue weighted by atomic mass is 10.0. The lowest BCUT2D eigenvalue weighted by molar-refractivity contribution is 0.0328. The Labute approximate surface area is 102 Å². The molecule has 1 aromatic heterocycles. The van der Waals surface area contributed by atoms with Gasteiger partial charge in [-0.1, -0.05) is 6.42 Å². The van der Waals surface area contributed by atoms with Crippen LogP contribution in [-0.4, -0.2) is 42.1 Å². The lowest BCUT2D eigenvalue weighted by Gasteiger charge is -2.31. The summed E-state index contributed by atoms with van der Waals surface area (Å²) in [6, 6.07) is 3.72. The number of esters is 1. The van der Waals surface area contributed by atoms with E-state index in [-0.39, 0.29) is 5.97 Å². The molecule has 2 heterocycles. The first-order chi connectivity index (χ1) is 8.27. The molecule has 1 unspecified atom stereocenters. The summed E-state index contributed by atoms with van der Waals surface area (Å²) < 4.78 is 5.33. The van der Waals surface area contributed by atoms with Gasteiger partial charge in [-0.05, 0) is 38.6 Å². The highest BCUT2D eigenvalue weighted by molar-refractivity contribution is 5.89. The summed E-state index contributed by atoms with van der Waals surface area (Å²) in [4.78, 5) is 17.9. The van der Waals surface area contributed by atoms with Crippen molar-refractivity contribution in [2.45, 2.75) is 25.3 Å². The van der Waals surface area contributed by atoms with Gasteiger partial charge in [0.15, 0.2) is 0 Å². The predicted octanol–water partition coefficient (Wildman–Crippen LogP) is 1.72. The molecule has 2 rings (SSSR count). The lowest BCUT2D eigenvalue weighted by Crippen LogP contribution is -2.39. The number of carbonyl (C=O) groups is 1. The Kier molecular flexibility index (Phi) is 4.09. The van der Waals surface area contributed by atoms with Crippen molar-refractivity contribution in [3.8, 4) is 0 Å². The maximum Gasteiger partial charge on any atom is 0.338 e. The average molecular weight is 234 g/mol. The maximum atomic E-state index is 11.7. The highest BCUT2D eigenvalue weighted by Gasteiger charge is 2.20. The standard InChI is InChI=1S/C13H18N2O2/c1-15-9-3-2-4-12(15)10-17-13(16)11-5-7-14-8-6-11/h5-8,12H,2-4,9-10H2,1H3. The second kappa shape index (κ2) is 5.77. The van der Waals surface area contributed by atoms with E-state index in [2.05, 4.69) is 16.9 Å². The van der Waals surface area contributed by atoms with E-state index in [4.69, 9.17) is 4.74 Å². The van der Waals surface area contributed by atoms with Gasteiger partial charge in [0.05, 0.1) is 5.56 Å². The number of likely N-dealkylation sites (tertiary alicyclic amines) is 1. The molecule has 0 amide bonds. The van der Waals surface area contributed by atoms with Crippen LogP contribution in [0.3, 0.4) is 0 Å². The van der Waals surface area contributed by atoms with Crippen LogP contribution in [0.4, 0.5) is 0 Å². The molecule has 0 N–H and O–H groups in total. The van der Waals surface area contributed by atoms with Gasteiger partial charge in [0.2, 0.25) is 0 Å². The Morgan fingerprint density at radius 3 is 2.94 bits per heavy atom. The zero-order valence-corrected chi connectivity index (χ0v) is 10.1. The van der Waals surface area contributed by atoms with Crippen LogP contribution >= 0.6 is 0 Å². The van der Waals surface area contributed by atoms with Gasteiger partial charge in [0.1, 0.15) is 6.61 Å². The zero-order valence-electron chi connectivity index (χ0n) is 10.1. The summed E-state index contributed by atoms with van der Waals surface area (Å²) in [5.41, 5.74) is 0.568. The van der Waals surface area contributed by atoms with Crippen molar-refractivity contribution < 1.29 is 9.53 Å². The number of likely N-dealkylation sites (N-methyl/N-ethyl adjacent to an activating group) is 1. The van der Waals surface area contributed by atoms with Crippen molar-refractivity contribution in [2.75, 3.05) is 20.2 Å². The van der Waals surface area contributed by atoms with Gasteiger partial charge < -0.3 is 9.64 Å². The van der Waals surface area contributed by atoms with E-state index in [0.717, 1.165) is 13.0 Å². The smallest absolute Gasteiger partial charge is 0.338 e. The first-order valence-corrected chi connectivity index (χ1v) is 6.05. The molecule has 0 spiro atoms. The Hall–Kier alpha value is -1.42. The average Bonchev–Trinajstić information content (AvgIpc) is 2.38. The Morgan fingerprint density at radius 2 is 2.24 bits per heavy atom. The van der Waals surface area contributed by atoms with E-state index in [1.807, 2.05) is 0 Å². The first-order valence-electron chi connectivity index (χ1n) is 6.05. The maximum absolute atomic E-state index is 11.7. The molecule has 1 atom stereocenters. The second-order valence-corrected chi connectivity index (χ2v) is 4.46. The fourth-order valence-electron chi connectivity index (χ4n) is 2.10. The molecule has 0 aromatic carbocycles. The molecule has 92 valence electrons. The van der Waals surface area contributed by atoms with Crippen molar-refractivity contribution in [3.05, 3.63) is 30.1 Å². The summed E-state index contributed by atoms with van der Waals surface area (Å²) in [5.74, 6) is -0.258. The van der Waals surface area contributed by atoms with Gasteiger partial charge in [-0.2, -0.15) is 0 Å². The molecule has 17 heavy (non-hydrogen) atoms. The molecule has 0 saturated carbocycles. The molecule has 0 aliphatic carbocycles. The van der Waals surface area contributed by atoms with Crippen molar-refractivity contribution in [3.63, 3.8) is 0 Å². The van der Waals surface area contributed by atoms with Gasteiger partial charge >= 0.3 is 5.97 Å². The Balaban J connectivity index is 1.84. The van der Waals surface area contributed by atoms with Gasteiger partial charge in [-0.3, -0.25) is 4.98 Å². The number of hydrogen-bond donors (Lipinski definition) is 0. The minimum Gasteiger partial charge on any atom is -0.460 e. The summed E-state index contributed by atoms with van der Waals surface area (Å²) >= 11 is 0. The molecule has 4 nitrogen and oxygen atoms in total. The molecule has 0 bridgehead atoms. The van der Waals surface area contributed by atoms with Crippen LogP contribution in [0.15, 0.2) is 24.5 Å². The van der Waals surface area contributed by atoms with E-state index < -0.39 is 0 Å². The van der Waals surface area contributed by atoms with Crippen LogP contribution in [-0.2, 0) is 4.74 Å². The minimum absolute atomic E-state index is 0.258. The highest BCUT2D eigenvalue weighted by Crippen LogP contribution is 2.15. The molecular weight excluding hydrogens is 216 g/mol. The van der Waals surface area contributed by atoms with E-state index >= 15 is 0 Å². The van der Waals surface area contributed by atoms with Gasteiger partial charge in [-0.15, -0.1) is 0 Å². The normalized spacial score (nSPS) is 21.1. The minimum atomic E-state index is -0.258. The van der Waals surface area contributed by atoms with Crippen LogP contribution in [0.1, 0.15) is 29.6 Å². The van der Waals surface area contributed by atoms with Gasteiger partial charge in [0, 0.05) is 18.4 Å². The van der Waals surface area contributed by atoms with E-state index in [0.29, 0.717) is 18.2 Å². The monoisotopic (exact) mass is 234 g/mol. The summed E-state index contributed by atoms with van der Waals surface area (Å²) in [5, 5.41) is 0. The fraction of sp³-hybridized carbons (Fsp3) is 0.538. The SMILES string of the molecule is CN1CCCCC1COC(=O)c1ccncc1. The van der Waals surface area contributed by atoms with Crippen LogP contribution in [0.25, 0.3) is 0 Å². The number of pyridine rings is 1. The zero-order chi connectivity index (χ0) is 12.1. The van der Waals surface area contributed by atoms with Gasteiger partial charge in [0.25, 0.3) is 0 Å². The van der Waals surface area contributed by atoms with Crippen LogP contribution in [0.2, 0.25) is 0 Å². The molecule has 1 saturated heterocycles. The quantitative estimate of drug-likeness (QED) is 0.747. The van der Waals surface area contributed by atoms with Crippen molar-refractivity contribution >= 4 is 5.97 Å². The molecule has 4 heteroatoms. The largest absolute Gasteiger partial charge is 0.460 e.